The first-order valence-corrected chi connectivity index (χ1v) is 12.1. The van der Waals surface area contributed by atoms with Crippen molar-refractivity contribution in [3.05, 3.63) is 48.2 Å². The number of aromatic nitrogens is 6. The average molecular weight is 493 g/mol. The van der Waals surface area contributed by atoms with Gasteiger partial charge in [-0.15, -0.1) is 19.4 Å². The third-order valence-corrected chi connectivity index (χ3v) is 6.47. The van der Waals surface area contributed by atoms with E-state index in [9.17, 15) is 4.79 Å². The number of amides is 1. The minimum Gasteiger partial charge on any atom is -0.378 e. The zero-order chi connectivity index (χ0) is 24.7. The number of morpholine rings is 1. The minimum atomic E-state index is -0.405. The van der Waals surface area contributed by atoms with Crippen LogP contribution in [0.2, 0.25) is 0 Å². The molecule has 4 heterocycles. The fourth-order valence-electron chi connectivity index (χ4n) is 4.12. The molecule has 4 aromatic rings. The number of tetrazole rings is 1. The molecule has 0 aliphatic carbocycles. The van der Waals surface area contributed by atoms with Crippen LogP contribution in [-0.4, -0.2) is 61.8 Å². The second kappa shape index (κ2) is 9.02. The van der Waals surface area contributed by atoms with Gasteiger partial charge in [-0.2, -0.15) is 4.80 Å². The number of nitrogens with one attached hydrogen (secondary N) is 1. The molecule has 1 amide bonds. The number of anilines is 2. The molecule has 1 N–H and O–H groups in total. The number of ether oxygens (including phenoxy) is 1. The molecule has 1 unspecified atom stereocenters. The molecule has 35 heavy (non-hydrogen) atoms. The lowest BCUT2D eigenvalue weighted by Crippen LogP contribution is -2.36. The summed E-state index contributed by atoms with van der Waals surface area (Å²) in [5.41, 5.74) is 5.44. The van der Waals surface area contributed by atoms with Crippen molar-refractivity contribution >= 4 is 37.5 Å². The molecule has 3 aromatic heterocycles. The molecule has 182 valence electrons. The van der Waals surface area contributed by atoms with Gasteiger partial charge in [-0.3, -0.25) is 4.79 Å². The number of imidazole rings is 1. The largest absolute Gasteiger partial charge is 0.378 e. The first-order valence-electron chi connectivity index (χ1n) is 11.5. The van der Waals surface area contributed by atoms with Gasteiger partial charge in [0.1, 0.15) is 0 Å². The predicted octanol–water partition coefficient (Wildman–Crippen LogP) is 2.64. The van der Waals surface area contributed by atoms with Crippen LogP contribution in [0.4, 0.5) is 11.4 Å². The second-order valence-corrected chi connectivity index (χ2v) is 10.3. The van der Waals surface area contributed by atoms with Crippen molar-refractivity contribution in [1.82, 2.24) is 29.6 Å². The maximum atomic E-state index is 12.9. The molecule has 1 fully saturated rings. The summed E-state index contributed by atoms with van der Waals surface area (Å²) in [4.78, 5) is 21.2. The quantitative estimate of drug-likeness (QED) is 0.437. The van der Waals surface area contributed by atoms with Crippen LogP contribution >= 0.6 is 9.24 Å². The Hall–Kier alpha value is -3.36. The lowest BCUT2D eigenvalue weighted by molar-refractivity contribution is 0.101. The van der Waals surface area contributed by atoms with E-state index in [1.807, 2.05) is 49.7 Å². The van der Waals surface area contributed by atoms with Gasteiger partial charge in [0.05, 0.1) is 24.4 Å². The van der Waals surface area contributed by atoms with E-state index in [1.54, 1.807) is 0 Å². The standard InChI is InChI=1S/C24H29N8O2P/c1-15-11-20(35)18(26-23(33)21-27-29-32(28-21)24(2,3)4)13-17(15)16-12-19(30-7-9-34-10-8-30)22-25-5-6-31(22)14-16/h5-6,11-14H,7-10,35H2,1-4H3,(H,26,33). The highest BCUT2D eigenvalue weighted by atomic mass is 31.0. The van der Waals surface area contributed by atoms with Gasteiger partial charge >= 0.3 is 0 Å². The molecule has 0 saturated carbocycles. The number of pyridine rings is 1. The molecule has 1 saturated heterocycles. The lowest BCUT2D eigenvalue weighted by atomic mass is 10.0. The maximum absolute atomic E-state index is 12.9. The van der Waals surface area contributed by atoms with E-state index in [0.717, 1.165) is 46.4 Å². The molecule has 1 aliphatic rings. The maximum Gasteiger partial charge on any atom is 0.297 e. The summed E-state index contributed by atoms with van der Waals surface area (Å²) < 4.78 is 7.59. The fraction of sp³-hybridized carbons (Fsp3) is 0.375. The number of hydrogen-bond donors (Lipinski definition) is 1. The van der Waals surface area contributed by atoms with Gasteiger partial charge in [0.15, 0.2) is 5.65 Å². The summed E-state index contributed by atoms with van der Waals surface area (Å²) in [6.07, 6.45) is 5.83. The lowest BCUT2D eigenvalue weighted by Gasteiger charge is -2.29. The molecule has 1 atom stereocenters. The number of nitrogens with zero attached hydrogens (tertiary/aromatic N) is 7. The van der Waals surface area contributed by atoms with E-state index in [2.05, 4.69) is 59.0 Å². The Morgan fingerprint density at radius 1 is 1.17 bits per heavy atom. The summed E-state index contributed by atoms with van der Waals surface area (Å²) in [6, 6.07) is 6.20. The van der Waals surface area contributed by atoms with E-state index < -0.39 is 5.91 Å². The molecule has 0 radical (unpaired) electrons. The van der Waals surface area contributed by atoms with Crippen LogP contribution in [0, 0.1) is 6.92 Å². The molecule has 11 heteroatoms. The zero-order valence-electron chi connectivity index (χ0n) is 20.3. The highest BCUT2D eigenvalue weighted by molar-refractivity contribution is 7.28. The van der Waals surface area contributed by atoms with Gasteiger partial charge < -0.3 is 19.4 Å². The van der Waals surface area contributed by atoms with Crippen LogP contribution in [0.15, 0.2) is 36.8 Å². The summed E-state index contributed by atoms with van der Waals surface area (Å²) in [5.74, 6) is -0.376. The topological polar surface area (TPSA) is 102 Å². The highest BCUT2D eigenvalue weighted by Gasteiger charge is 2.22. The van der Waals surface area contributed by atoms with Crippen molar-refractivity contribution in [2.24, 2.45) is 0 Å². The minimum absolute atomic E-state index is 0.0286. The van der Waals surface area contributed by atoms with Crippen LogP contribution in [0.3, 0.4) is 0 Å². The normalized spacial score (nSPS) is 14.5. The summed E-state index contributed by atoms with van der Waals surface area (Å²) in [7, 11) is 2.69. The van der Waals surface area contributed by atoms with E-state index in [1.165, 1.54) is 4.80 Å². The van der Waals surface area contributed by atoms with Crippen LogP contribution in [0.1, 0.15) is 37.0 Å². The van der Waals surface area contributed by atoms with E-state index >= 15 is 0 Å². The Kier molecular flexibility index (Phi) is 6.02. The van der Waals surface area contributed by atoms with E-state index in [0.29, 0.717) is 18.9 Å². The van der Waals surface area contributed by atoms with Gasteiger partial charge in [-0.25, -0.2) is 4.98 Å². The van der Waals surface area contributed by atoms with Crippen molar-refractivity contribution in [1.29, 1.82) is 0 Å². The Morgan fingerprint density at radius 3 is 2.66 bits per heavy atom. The Morgan fingerprint density at radius 2 is 1.94 bits per heavy atom. The average Bonchev–Trinajstić information content (AvgIpc) is 3.50. The van der Waals surface area contributed by atoms with Crippen LogP contribution in [-0.2, 0) is 10.3 Å². The number of rotatable bonds is 4. The third-order valence-electron chi connectivity index (χ3n) is 5.99. The Bertz CT molecular complexity index is 1400. The smallest absolute Gasteiger partial charge is 0.297 e. The molecule has 1 aromatic carbocycles. The summed E-state index contributed by atoms with van der Waals surface area (Å²) in [6.45, 7) is 10.9. The number of fused-ring (bicyclic) bond motifs is 1. The van der Waals surface area contributed by atoms with Crippen molar-refractivity contribution in [3.8, 4) is 11.1 Å². The summed E-state index contributed by atoms with van der Waals surface area (Å²) in [5, 5.41) is 16.0. The number of aryl methyl sites for hydroxylation is 1. The van der Waals surface area contributed by atoms with Gasteiger partial charge in [-0.05, 0) is 67.5 Å². The van der Waals surface area contributed by atoms with Gasteiger partial charge in [0.25, 0.3) is 11.7 Å². The van der Waals surface area contributed by atoms with E-state index in [4.69, 9.17) is 4.74 Å². The van der Waals surface area contributed by atoms with Crippen molar-refractivity contribution in [2.45, 2.75) is 33.2 Å². The zero-order valence-corrected chi connectivity index (χ0v) is 21.5. The molecular formula is C24H29N8O2P. The number of benzene rings is 1. The highest BCUT2D eigenvalue weighted by Crippen LogP contribution is 2.32. The third kappa shape index (κ3) is 4.63. The van der Waals surface area contributed by atoms with Crippen LogP contribution < -0.4 is 15.5 Å². The van der Waals surface area contributed by atoms with Crippen molar-refractivity contribution in [2.75, 3.05) is 36.5 Å². The monoisotopic (exact) mass is 492 g/mol. The second-order valence-electron chi connectivity index (χ2n) is 9.65. The molecule has 5 rings (SSSR count). The van der Waals surface area contributed by atoms with Gasteiger partial charge in [0.2, 0.25) is 0 Å². The first kappa shape index (κ1) is 23.4. The number of carbonyl (C=O) groups is 1. The van der Waals surface area contributed by atoms with Crippen molar-refractivity contribution in [3.63, 3.8) is 0 Å². The molecule has 10 nitrogen and oxygen atoms in total. The number of hydrogen-bond acceptors (Lipinski definition) is 7. The van der Waals surface area contributed by atoms with E-state index in [-0.39, 0.29) is 11.4 Å². The Labute approximate surface area is 205 Å². The van der Waals surface area contributed by atoms with Gasteiger partial charge in [-0.1, -0.05) is 0 Å². The fourth-order valence-corrected chi connectivity index (χ4v) is 4.52. The molecule has 0 bridgehead atoms. The predicted molar refractivity (Wildman–Crippen MR) is 139 cm³/mol. The van der Waals surface area contributed by atoms with Gasteiger partial charge in [0, 0.05) is 42.9 Å². The SMILES string of the molecule is Cc1cc(P)c(NC(=O)c2nnn(C(C)(C)C)n2)cc1-c1cc(N2CCOCC2)c2nccn2c1. The summed E-state index contributed by atoms with van der Waals surface area (Å²) >= 11 is 0. The number of carbonyl (C=O) groups excluding carboxylic acids is 1. The van der Waals surface area contributed by atoms with Crippen LogP contribution in [0.5, 0.6) is 0 Å². The molecule has 0 spiro atoms. The molecule has 1 aliphatic heterocycles. The van der Waals surface area contributed by atoms with Crippen LogP contribution in [0.25, 0.3) is 16.8 Å². The Balaban J connectivity index is 1.51. The first-order chi connectivity index (χ1) is 16.7. The molecular weight excluding hydrogens is 463 g/mol. The van der Waals surface area contributed by atoms with Crippen molar-refractivity contribution < 1.29 is 9.53 Å².